The molecule has 2 N–H and O–H groups in total. The number of aromatic nitrogens is 1. The molecule has 5 heteroatoms. The van der Waals surface area contributed by atoms with Crippen molar-refractivity contribution in [2.45, 2.75) is 33.6 Å². The molecular weight excluding hydrogens is 266 g/mol. The maximum Gasteiger partial charge on any atom is 0.251 e. The Morgan fingerprint density at radius 2 is 2.19 bits per heavy atom. The van der Waals surface area contributed by atoms with Gasteiger partial charge < -0.3 is 15.4 Å². The van der Waals surface area contributed by atoms with Gasteiger partial charge in [0.2, 0.25) is 0 Å². The molecule has 1 amide bonds. The third-order valence-corrected chi connectivity index (χ3v) is 3.29. The summed E-state index contributed by atoms with van der Waals surface area (Å²) in [5, 5.41) is 6.16. The molecule has 0 radical (unpaired) electrons. The van der Waals surface area contributed by atoms with Crippen LogP contribution >= 0.6 is 0 Å². The van der Waals surface area contributed by atoms with Gasteiger partial charge in [0.05, 0.1) is 0 Å². The number of ether oxygens (including phenoxy) is 1. The van der Waals surface area contributed by atoms with E-state index in [0.29, 0.717) is 18.7 Å². The van der Waals surface area contributed by atoms with Crippen LogP contribution in [0.3, 0.4) is 0 Å². The SMILES string of the molecule is CCCNc1cc(C(=O)NCC(C)(C)CCOC)ccn1. The minimum absolute atomic E-state index is 0.0159. The summed E-state index contributed by atoms with van der Waals surface area (Å²) in [6.07, 6.45) is 3.58. The second-order valence-corrected chi connectivity index (χ2v) is 5.95. The highest BCUT2D eigenvalue weighted by Crippen LogP contribution is 2.19. The first-order valence-electron chi connectivity index (χ1n) is 7.45. The van der Waals surface area contributed by atoms with Crippen LogP contribution in [0.2, 0.25) is 0 Å². The Kier molecular flexibility index (Phi) is 7.15. The highest BCUT2D eigenvalue weighted by atomic mass is 16.5. The standard InChI is InChI=1S/C16H27N3O2/c1-5-8-17-14-11-13(6-9-18-14)15(20)19-12-16(2,3)7-10-21-4/h6,9,11H,5,7-8,10,12H2,1-4H3,(H,17,18)(H,19,20). The molecule has 1 rings (SSSR count). The Bertz CT molecular complexity index is 447. The number of nitrogens with one attached hydrogen (secondary N) is 2. The van der Waals surface area contributed by atoms with Crippen molar-refractivity contribution in [3.63, 3.8) is 0 Å². The molecule has 0 aliphatic rings. The van der Waals surface area contributed by atoms with Crippen LogP contribution in [0.15, 0.2) is 18.3 Å². The van der Waals surface area contributed by atoms with Crippen LogP contribution in [0.1, 0.15) is 44.0 Å². The summed E-state index contributed by atoms with van der Waals surface area (Å²) in [6.45, 7) is 8.49. The van der Waals surface area contributed by atoms with Gasteiger partial charge in [-0.2, -0.15) is 0 Å². The minimum Gasteiger partial charge on any atom is -0.385 e. The molecule has 0 aliphatic carbocycles. The largest absolute Gasteiger partial charge is 0.385 e. The van der Waals surface area contributed by atoms with Gasteiger partial charge in [-0.05, 0) is 30.4 Å². The summed E-state index contributed by atoms with van der Waals surface area (Å²) in [7, 11) is 1.69. The maximum atomic E-state index is 12.2. The molecule has 5 nitrogen and oxygen atoms in total. The van der Waals surface area contributed by atoms with E-state index in [-0.39, 0.29) is 11.3 Å². The molecule has 0 atom stereocenters. The van der Waals surface area contributed by atoms with Crippen molar-refractivity contribution in [1.82, 2.24) is 10.3 Å². The smallest absolute Gasteiger partial charge is 0.251 e. The summed E-state index contributed by atoms with van der Waals surface area (Å²) in [5.41, 5.74) is 0.647. The van der Waals surface area contributed by atoms with Crippen molar-refractivity contribution in [1.29, 1.82) is 0 Å². The molecule has 0 bridgehead atoms. The zero-order valence-corrected chi connectivity index (χ0v) is 13.5. The molecule has 0 saturated carbocycles. The van der Waals surface area contributed by atoms with Crippen LogP contribution in [-0.2, 0) is 4.74 Å². The normalized spacial score (nSPS) is 11.2. The fraction of sp³-hybridized carbons (Fsp3) is 0.625. The Hall–Kier alpha value is -1.62. The van der Waals surface area contributed by atoms with Crippen molar-refractivity contribution in [2.75, 3.05) is 32.1 Å². The molecule has 0 aliphatic heterocycles. The van der Waals surface area contributed by atoms with Crippen molar-refractivity contribution in [3.8, 4) is 0 Å². The number of amides is 1. The number of carbonyl (C=O) groups excluding carboxylic acids is 1. The van der Waals surface area contributed by atoms with Gasteiger partial charge in [0, 0.05) is 38.6 Å². The maximum absolute atomic E-state index is 12.2. The van der Waals surface area contributed by atoms with Gasteiger partial charge >= 0.3 is 0 Å². The molecular formula is C16H27N3O2. The van der Waals surface area contributed by atoms with Crippen LogP contribution in [0, 0.1) is 5.41 Å². The van der Waals surface area contributed by atoms with E-state index in [1.165, 1.54) is 0 Å². The summed E-state index contributed by atoms with van der Waals surface area (Å²) < 4.78 is 5.09. The van der Waals surface area contributed by atoms with Crippen molar-refractivity contribution in [3.05, 3.63) is 23.9 Å². The second-order valence-electron chi connectivity index (χ2n) is 5.95. The first-order chi connectivity index (χ1) is 9.98. The number of nitrogens with zero attached hydrogens (tertiary/aromatic N) is 1. The molecule has 0 unspecified atom stereocenters. The van der Waals surface area contributed by atoms with E-state index < -0.39 is 0 Å². The lowest BCUT2D eigenvalue weighted by molar-refractivity contribution is 0.0921. The van der Waals surface area contributed by atoms with Crippen molar-refractivity contribution < 1.29 is 9.53 Å². The summed E-state index contributed by atoms with van der Waals surface area (Å²) >= 11 is 0. The Morgan fingerprint density at radius 3 is 2.86 bits per heavy atom. The van der Waals surface area contributed by atoms with Gasteiger partial charge in [-0.15, -0.1) is 0 Å². The molecule has 0 fully saturated rings. The number of pyridine rings is 1. The number of carbonyl (C=O) groups is 1. The van der Waals surface area contributed by atoms with Crippen LogP contribution in [0.4, 0.5) is 5.82 Å². The Balaban J connectivity index is 2.55. The van der Waals surface area contributed by atoms with Crippen LogP contribution in [0.5, 0.6) is 0 Å². The zero-order chi connectivity index (χ0) is 15.7. The van der Waals surface area contributed by atoms with Crippen LogP contribution in [0.25, 0.3) is 0 Å². The summed E-state index contributed by atoms with van der Waals surface area (Å²) in [4.78, 5) is 16.4. The average molecular weight is 293 g/mol. The first kappa shape index (κ1) is 17.4. The van der Waals surface area contributed by atoms with E-state index in [0.717, 1.165) is 25.2 Å². The highest BCUT2D eigenvalue weighted by molar-refractivity contribution is 5.94. The topological polar surface area (TPSA) is 63.2 Å². The van der Waals surface area contributed by atoms with E-state index in [1.54, 1.807) is 25.4 Å². The van der Waals surface area contributed by atoms with Crippen LogP contribution < -0.4 is 10.6 Å². The van der Waals surface area contributed by atoms with E-state index in [9.17, 15) is 4.79 Å². The monoisotopic (exact) mass is 293 g/mol. The van der Waals surface area contributed by atoms with Gasteiger partial charge in [-0.1, -0.05) is 20.8 Å². The number of methoxy groups -OCH3 is 1. The van der Waals surface area contributed by atoms with Gasteiger partial charge in [-0.3, -0.25) is 4.79 Å². The van der Waals surface area contributed by atoms with E-state index in [4.69, 9.17) is 4.74 Å². The fourth-order valence-electron chi connectivity index (χ4n) is 1.81. The van der Waals surface area contributed by atoms with Crippen LogP contribution in [-0.4, -0.2) is 37.7 Å². The van der Waals surface area contributed by atoms with E-state index >= 15 is 0 Å². The second kappa shape index (κ2) is 8.62. The number of hydrogen-bond donors (Lipinski definition) is 2. The highest BCUT2D eigenvalue weighted by Gasteiger charge is 2.19. The third-order valence-electron chi connectivity index (χ3n) is 3.29. The predicted molar refractivity (Wildman–Crippen MR) is 85.6 cm³/mol. The lowest BCUT2D eigenvalue weighted by Crippen LogP contribution is -2.34. The fourth-order valence-corrected chi connectivity index (χ4v) is 1.81. The third kappa shape index (κ3) is 6.58. The van der Waals surface area contributed by atoms with Gasteiger partial charge in [0.25, 0.3) is 5.91 Å². The number of rotatable bonds is 9. The summed E-state index contributed by atoms with van der Waals surface area (Å²) in [6, 6.07) is 3.52. The molecule has 0 spiro atoms. The molecule has 21 heavy (non-hydrogen) atoms. The van der Waals surface area contributed by atoms with Gasteiger partial charge in [0.15, 0.2) is 0 Å². The zero-order valence-electron chi connectivity index (χ0n) is 13.5. The molecule has 1 heterocycles. The quantitative estimate of drug-likeness (QED) is 0.735. The first-order valence-corrected chi connectivity index (χ1v) is 7.45. The molecule has 118 valence electrons. The lowest BCUT2D eigenvalue weighted by Gasteiger charge is -2.24. The Labute approximate surface area is 127 Å². The molecule has 0 saturated heterocycles. The summed E-state index contributed by atoms with van der Waals surface area (Å²) in [5.74, 6) is 0.672. The predicted octanol–water partition coefficient (Wildman–Crippen LogP) is 2.70. The van der Waals surface area contributed by atoms with E-state index in [2.05, 4.69) is 36.4 Å². The van der Waals surface area contributed by atoms with Crippen molar-refractivity contribution >= 4 is 11.7 Å². The number of anilines is 1. The molecule has 1 aromatic rings. The van der Waals surface area contributed by atoms with Crippen molar-refractivity contribution in [2.24, 2.45) is 5.41 Å². The molecule has 1 aromatic heterocycles. The lowest BCUT2D eigenvalue weighted by atomic mass is 9.89. The number of hydrogen-bond acceptors (Lipinski definition) is 4. The van der Waals surface area contributed by atoms with E-state index in [1.807, 2.05) is 0 Å². The van der Waals surface area contributed by atoms with Gasteiger partial charge in [0.1, 0.15) is 5.82 Å². The Morgan fingerprint density at radius 1 is 1.43 bits per heavy atom. The minimum atomic E-state index is -0.0672. The van der Waals surface area contributed by atoms with Gasteiger partial charge in [-0.25, -0.2) is 4.98 Å². The molecule has 0 aromatic carbocycles. The average Bonchev–Trinajstić information content (AvgIpc) is 2.49.